The number of carbonyl (C=O) groups excluding carboxylic acids is 1. The van der Waals surface area contributed by atoms with Gasteiger partial charge in [0, 0.05) is 6.42 Å². The van der Waals surface area contributed by atoms with E-state index in [1.54, 1.807) is 0 Å². The van der Waals surface area contributed by atoms with E-state index in [0.29, 0.717) is 23.4 Å². The molecule has 0 amide bonds. The van der Waals surface area contributed by atoms with E-state index in [1.807, 2.05) is 13.8 Å². The van der Waals surface area contributed by atoms with Crippen LogP contribution >= 0.6 is 45.9 Å². The van der Waals surface area contributed by atoms with Crippen LogP contribution in [0.1, 0.15) is 35.6 Å². The molecule has 0 radical (unpaired) electrons. The average Bonchev–Trinajstić information content (AvgIpc) is 2.92. The summed E-state index contributed by atoms with van der Waals surface area (Å²) < 4.78 is 27.3. The van der Waals surface area contributed by atoms with Gasteiger partial charge in [-0.1, -0.05) is 48.4 Å². The second-order valence-electron chi connectivity index (χ2n) is 6.03. The predicted molar refractivity (Wildman–Crippen MR) is 93.7 cm³/mol. The number of thiophene rings is 1. The Balaban J connectivity index is 1.91. The van der Waals surface area contributed by atoms with Crippen LogP contribution in [0.5, 0.6) is 0 Å². The second kappa shape index (κ2) is 5.70. The monoisotopic (exact) mass is 410 g/mol. The number of aromatic nitrogens is 1. The van der Waals surface area contributed by atoms with Crippen LogP contribution in [0.15, 0.2) is 10.3 Å². The minimum absolute atomic E-state index is 0.00131. The van der Waals surface area contributed by atoms with Gasteiger partial charge in [0.15, 0.2) is 10.9 Å². The maximum Gasteiger partial charge on any atom is 0.273 e. The van der Waals surface area contributed by atoms with Gasteiger partial charge >= 0.3 is 0 Å². The third-order valence-corrected chi connectivity index (χ3v) is 8.21. The Bertz CT molecular complexity index is 880. The third kappa shape index (κ3) is 3.41. The molecule has 0 aromatic carbocycles. The summed E-state index contributed by atoms with van der Waals surface area (Å²) in [6.45, 7) is 3.99. The molecule has 10 heteroatoms. The van der Waals surface area contributed by atoms with Crippen LogP contribution in [0.2, 0.25) is 9.36 Å². The third-order valence-electron chi connectivity index (χ3n) is 3.34. The highest BCUT2D eigenvalue weighted by Crippen LogP contribution is 2.39. The fraction of sp³-hybridized carbons (Fsp3) is 0.385. The van der Waals surface area contributed by atoms with Crippen molar-refractivity contribution in [3.05, 3.63) is 26.0 Å². The van der Waals surface area contributed by atoms with Crippen LogP contribution in [0.3, 0.4) is 0 Å². The van der Waals surface area contributed by atoms with E-state index in [-0.39, 0.29) is 29.9 Å². The highest BCUT2D eigenvalue weighted by atomic mass is 35.5. The number of ketones is 1. The van der Waals surface area contributed by atoms with Gasteiger partial charge in [-0.15, -0.1) is 11.3 Å². The lowest BCUT2D eigenvalue weighted by Crippen LogP contribution is -2.26. The number of halogens is 2. The molecular formula is C13H12Cl2N2O3S3. The number of anilines is 1. The lowest BCUT2D eigenvalue weighted by atomic mass is 9.78. The molecule has 0 atom stereocenters. The Morgan fingerprint density at radius 1 is 1.26 bits per heavy atom. The molecule has 1 N–H and O–H groups in total. The quantitative estimate of drug-likeness (QED) is 0.809. The Morgan fingerprint density at radius 3 is 2.57 bits per heavy atom. The van der Waals surface area contributed by atoms with Crippen molar-refractivity contribution >= 4 is 66.8 Å². The maximum atomic E-state index is 12.4. The first-order valence-corrected chi connectivity index (χ1v) is 10.5. The molecule has 3 rings (SSSR count). The molecule has 0 saturated heterocycles. The van der Waals surface area contributed by atoms with E-state index in [2.05, 4.69) is 9.71 Å². The Hall–Kier alpha value is -0.670. The maximum absolute atomic E-state index is 12.4. The number of Topliss-reactive ketones (excluding diaryl/α,β-unsaturated/α-hetero) is 1. The fourth-order valence-electron chi connectivity index (χ4n) is 2.39. The van der Waals surface area contributed by atoms with Crippen LogP contribution in [-0.2, 0) is 16.4 Å². The van der Waals surface area contributed by atoms with Crippen molar-refractivity contribution in [2.75, 3.05) is 4.72 Å². The highest BCUT2D eigenvalue weighted by Gasteiger charge is 2.34. The molecule has 5 nitrogen and oxygen atoms in total. The first-order chi connectivity index (χ1) is 10.6. The molecule has 0 fully saturated rings. The standard InChI is InChI=1S/C13H12Cl2N2O3S3/c1-13(2)4-7-10(8(18)5-13)22-12(16-7)17-23(19,20)9-3-6(14)11(15)21-9/h3H,4-5H2,1-2H3,(H,16,17). The normalized spacial score (nSPS) is 17.1. The summed E-state index contributed by atoms with van der Waals surface area (Å²) in [5.74, 6) is 0.00131. The molecule has 0 aliphatic heterocycles. The van der Waals surface area contributed by atoms with Crippen molar-refractivity contribution in [2.45, 2.75) is 30.9 Å². The summed E-state index contributed by atoms with van der Waals surface area (Å²) in [6.07, 6.45) is 1.08. The van der Waals surface area contributed by atoms with Crippen LogP contribution in [0.4, 0.5) is 5.13 Å². The number of carbonyl (C=O) groups is 1. The Kier molecular flexibility index (Phi) is 4.25. The number of hydrogen-bond donors (Lipinski definition) is 1. The van der Waals surface area contributed by atoms with Gasteiger partial charge in [0.05, 0.1) is 15.6 Å². The lowest BCUT2D eigenvalue weighted by Gasteiger charge is -2.26. The zero-order valence-corrected chi connectivity index (χ0v) is 16.1. The van der Waals surface area contributed by atoms with E-state index in [9.17, 15) is 13.2 Å². The van der Waals surface area contributed by atoms with Crippen molar-refractivity contribution in [2.24, 2.45) is 5.41 Å². The number of fused-ring (bicyclic) bond motifs is 1. The number of nitrogens with one attached hydrogen (secondary N) is 1. The molecule has 2 aromatic rings. The van der Waals surface area contributed by atoms with Crippen LogP contribution in [0.25, 0.3) is 0 Å². The van der Waals surface area contributed by atoms with E-state index in [0.717, 1.165) is 22.7 Å². The van der Waals surface area contributed by atoms with E-state index in [1.165, 1.54) is 6.07 Å². The summed E-state index contributed by atoms with van der Waals surface area (Å²) in [4.78, 5) is 17.0. The van der Waals surface area contributed by atoms with Crippen molar-refractivity contribution < 1.29 is 13.2 Å². The highest BCUT2D eigenvalue weighted by molar-refractivity contribution is 7.95. The second-order valence-corrected chi connectivity index (χ2v) is 11.0. The fourth-order valence-corrected chi connectivity index (χ4v) is 6.42. The van der Waals surface area contributed by atoms with Crippen LogP contribution in [-0.4, -0.2) is 19.2 Å². The average molecular weight is 411 g/mol. The number of sulfonamides is 1. The first-order valence-electron chi connectivity index (χ1n) is 6.58. The number of hydrogen-bond acceptors (Lipinski definition) is 6. The molecule has 0 unspecified atom stereocenters. The number of rotatable bonds is 3. The zero-order valence-electron chi connectivity index (χ0n) is 12.1. The van der Waals surface area contributed by atoms with Crippen molar-refractivity contribution in [1.82, 2.24) is 4.98 Å². The molecule has 2 heterocycles. The molecular weight excluding hydrogens is 399 g/mol. The smallest absolute Gasteiger partial charge is 0.273 e. The molecule has 0 saturated carbocycles. The minimum atomic E-state index is -3.82. The van der Waals surface area contributed by atoms with Crippen molar-refractivity contribution in [1.29, 1.82) is 0 Å². The summed E-state index contributed by atoms with van der Waals surface area (Å²) >= 11 is 13.5. The van der Waals surface area contributed by atoms with Crippen LogP contribution in [0, 0.1) is 5.41 Å². The summed E-state index contributed by atoms with van der Waals surface area (Å²) in [5.41, 5.74) is 0.486. The van der Waals surface area contributed by atoms with E-state index < -0.39 is 10.0 Å². The number of nitrogens with zero attached hydrogens (tertiary/aromatic N) is 1. The Labute approximate surface area is 151 Å². The zero-order chi connectivity index (χ0) is 17.0. The van der Waals surface area contributed by atoms with Gasteiger partial charge in [-0.3, -0.25) is 9.52 Å². The summed E-state index contributed by atoms with van der Waals surface area (Å²) in [5, 5.41) is 0.370. The van der Waals surface area contributed by atoms with E-state index in [4.69, 9.17) is 23.2 Å². The van der Waals surface area contributed by atoms with Crippen molar-refractivity contribution in [3.63, 3.8) is 0 Å². The van der Waals surface area contributed by atoms with Gasteiger partial charge < -0.3 is 0 Å². The lowest BCUT2D eigenvalue weighted by molar-refractivity contribution is 0.0916. The topological polar surface area (TPSA) is 76.1 Å². The molecule has 1 aliphatic carbocycles. The number of thiazole rings is 1. The molecule has 0 bridgehead atoms. The first kappa shape index (κ1) is 17.2. The minimum Gasteiger partial charge on any atom is -0.293 e. The predicted octanol–water partition coefficient (Wildman–Crippen LogP) is 4.47. The molecule has 23 heavy (non-hydrogen) atoms. The summed E-state index contributed by atoms with van der Waals surface area (Å²) in [6, 6.07) is 1.29. The largest absolute Gasteiger partial charge is 0.293 e. The van der Waals surface area contributed by atoms with Gasteiger partial charge in [-0.25, -0.2) is 13.4 Å². The molecule has 1 aliphatic rings. The van der Waals surface area contributed by atoms with Gasteiger partial charge in [0.2, 0.25) is 0 Å². The van der Waals surface area contributed by atoms with Gasteiger partial charge in [0.1, 0.15) is 8.55 Å². The molecule has 2 aromatic heterocycles. The SMILES string of the molecule is CC1(C)CC(=O)c2sc(NS(=O)(=O)c3cc(Cl)c(Cl)s3)nc2C1. The van der Waals surface area contributed by atoms with Crippen LogP contribution < -0.4 is 4.72 Å². The molecule has 124 valence electrons. The van der Waals surface area contributed by atoms with E-state index >= 15 is 0 Å². The van der Waals surface area contributed by atoms with Gasteiger partial charge in [-0.05, 0) is 17.9 Å². The van der Waals surface area contributed by atoms with Crippen molar-refractivity contribution in [3.8, 4) is 0 Å². The van der Waals surface area contributed by atoms with Gasteiger partial charge in [-0.2, -0.15) is 0 Å². The molecule has 0 spiro atoms. The summed E-state index contributed by atoms with van der Waals surface area (Å²) in [7, 11) is -3.82. The van der Waals surface area contributed by atoms with Gasteiger partial charge in [0.25, 0.3) is 10.0 Å². The Morgan fingerprint density at radius 2 is 1.96 bits per heavy atom.